The van der Waals surface area contributed by atoms with Crippen LogP contribution >= 0.6 is 0 Å². The topological polar surface area (TPSA) is 67.8 Å². The van der Waals surface area contributed by atoms with Gasteiger partial charge in [-0.1, -0.05) is 6.07 Å². The molecule has 0 aromatic heterocycles. The number of aliphatic hydroxyl groups excluding tert-OH is 1. The Morgan fingerprint density at radius 3 is 2.53 bits per heavy atom. The lowest BCUT2D eigenvalue weighted by Gasteiger charge is -2.20. The van der Waals surface area contributed by atoms with Crippen molar-refractivity contribution in [2.45, 2.75) is 33.0 Å². The molecular formula is C13H18FNO4. The van der Waals surface area contributed by atoms with E-state index >= 15 is 0 Å². The molecular weight excluding hydrogens is 253 g/mol. The molecule has 0 spiro atoms. The molecule has 0 fully saturated rings. The Kier molecular flexibility index (Phi) is 4.72. The van der Waals surface area contributed by atoms with Crippen LogP contribution < -0.4 is 10.1 Å². The minimum atomic E-state index is -0.710. The highest BCUT2D eigenvalue weighted by atomic mass is 19.1. The molecule has 106 valence electrons. The van der Waals surface area contributed by atoms with Crippen molar-refractivity contribution < 1.29 is 23.8 Å². The Labute approximate surface area is 111 Å². The van der Waals surface area contributed by atoms with Crippen LogP contribution in [0, 0.1) is 5.82 Å². The third-order valence-corrected chi connectivity index (χ3v) is 2.19. The average molecular weight is 271 g/mol. The monoisotopic (exact) mass is 271 g/mol. The van der Waals surface area contributed by atoms with Crippen molar-refractivity contribution in [3.8, 4) is 5.75 Å². The molecule has 0 bridgehead atoms. The van der Waals surface area contributed by atoms with E-state index in [0.29, 0.717) is 0 Å². The van der Waals surface area contributed by atoms with Gasteiger partial charge in [-0.2, -0.15) is 0 Å². The van der Waals surface area contributed by atoms with Gasteiger partial charge in [0.15, 0.2) is 11.6 Å². The number of amides is 1. The molecule has 1 rings (SSSR count). The van der Waals surface area contributed by atoms with Crippen molar-refractivity contribution in [2.24, 2.45) is 0 Å². The van der Waals surface area contributed by atoms with Crippen LogP contribution in [0.1, 0.15) is 26.3 Å². The van der Waals surface area contributed by atoms with E-state index in [1.165, 1.54) is 19.2 Å². The molecule has 0 unspecified atom stereocenters. The lowest BCUT2D eigenvalue weighted by Crippen LogP contribution is -2.27. The van der Waals surface area contributed by atoms with Gasteiger partial charge in [-0.05, 0) is 26.8 Å². The standard InChI is InChI=1S/C13H18FNO4/c1-13(2,3)19-12(17)15-9-6-5-8(7-16)10(14)11(9)18-4/h5-6,16H,7H2,1-4H3,(H,15,17). The molecule has 0 saturated heterocycles. The third-order valence-electron chi connectivity index (χ3n) is 2.19. The number of nitrogens with one attached hydrogen (secondary N) is 1. The minimum absolute atomic E-state index is 0.0894. The van der Waals surface area contributed by atoms with E-state index in [9.17, 15) is 9.18 Å². The van der Waals surface area contributed by atoms with E-state index in [1.54, 1.807) is 20.8 Å². The van der Waals surface area contributed by atoms with E-state index in [1.807, 2.05) is 0 Å². The number of aliphatic hydroxyl groups is 1. The van der Waals surface area contributed by atoms with Gasteiger partial charge in [0.1, 0.15) is 5.60 Å². The van der Waals surface area contributed by atoms with E-state index in [4.69, 9.17) is 14.6 Å². The summed E-state index contributed by atoms with van der Waals surface area (Å²) in [4.78, 5) is 11.6. The number of rotatable bonds is 3. The number of methoxy groups -OCH3 is 1. The molecule has 19 heavy (non-hydrogen) atoms. The van der Waals surface area contributed by atoms with Crippen LogP contribution in [0.4, 0.5) is 14.9 Å². The summed E-state index contributed by atoms with van der Waals surface area (Å²) in [5.74, 6) is -0.851. The number of carbonyl (C=O) groups excluding carboxylic acids is 1. The zero-order valence-corrected chi connectivity index (χ0v) is 11.4. The van der Waals surface area contributed by atoms with Gasteiger partial charge in [0.25, 0.3) is 0 Å². The van der Waals surface area contributed by atoms with Crippen LogP contribution in [0.5, 0.6) is 5.75 Å². The molecule has 6 heteroatoms. The molecule has 0 radical (unpaired) electrons. The van der Waals surface area contributed by atoms with Gasteiger partial charge < -0.3 is 14.6 Å². The minimum Gasteiger partial charge on any atom is -0.492 e. The number of benzene rings is 1. The second kappa shape index (κ2) is 5.88. The van der Waals surface area contributed by atoms with Crippen molar-refractivity contribution in [3.63, 3.8) is 0 Å². The lowest BCUT2D eigenvalue weighted by molar-refractivity contribution is 0.0635. The van der Waals surface area contributed by atoms with Crippen LogP contribution in [-0.2, 0) is 11.3 Å². The summed E-state index contributed by atoms with van der Waals surface area (Å²) < 4.78 is 23.8. The molecule has 5 nitrogen and oxygen atoms in total. The molecule has 1 amide bonds. The van der Waals surface area contributed by atoms with Gasteiger partial charge in [-0.3, -0.25) is 5.32 Å². The van der Waals surface area contributed by atoms with Crippen LogP contribution in [0.2, 0.25) is 0 Å². The number of ether oxygens (including phenoxy) is 2. The van der Waals surface area contributed by atoms with Gasteiger partial charge >= 0.3 is 6.09 Å². The third kappa shape index (κ3) is 4.10. The van der Waals surface area contributed by atoms with Crippen molar-refractivity contribution in [2.75, 3.05) is 12.4 Å². The van der Waals surface area contributed by atoms with Crippen molar-refractivity contribution in [1.82, 2.24) is 0 Å². The molecule has 1 aromatic rings. The summed E-state index contributed by atoms with van der Waals surface area (Å²) in [6.45, 7) is 4.71. The number of hydrogen-bond donors (Lipinski definition) is 2. The molecule has 0 atom stereocenters. The average Bonchev–Trinajstić information content (AvgIpc) is 2.27. The summed E-state index contributed by atoms with van der Waals surface area (Å²) in [6.07, 6.45) is -0.707. The quantitative estimate of drug-likeness (QED) is 0.887. The molecule has 0 aliphatic heterocycles. The highest BCUT2D eigenvalue weighted by Gasteiger charge is 2.19. The van der Waals surface area contributed by atoms with Crippen LogP contribution in [0.3, 0.4) is 0 Å². The van der Waals surface area contributed by atoms with Gasteiger partial charge in [-0.15, -0.1) is 0 Å². The number of anilines is 1. The van der Waals surface area contributed by atoms with E-state index in [-0.39, 0.29) is 17.0 Å². The summed E-state index contributed by atoms with van der Waals surface area (Å²) >= 11 is 0. The predicted octanol–water partition coefficient (Wildman–Crippen LogP) is 2.67. The van der Waals surface area contributed by atoms with E-state index < -0.39 is 24.1 Å². The number of halogens is 1. The van der Waals surface area contributed by atoms with Gasteiger partial charge in [-0.25, -0.2) is 9.18 Å². The fourth-order valence-electron chi connectivity index (χ4n) is 1.43. The molecule has 0 heterocycles. The SMILES string of the molecule is COc1c(NC(=O)OC(C)(C)C)ccc(CO)c1F. The highest BCUT2D eigenvalue weighted by Crippen LogP contribution is 2.30. The van der Waals surface area contributed by atoms with Crippen LogP contribution in [0.15, 0.2) is 12.1 Å². The maximum Gasteiger partial charge on any atom is 0.412 e. The smallest absolute Gasteiger partial charge is 0.412 e. The first kappa shape index (κ1) is 15.2. The normalized spacial score (nSPS) is 11.1. The Morgan fingerprint density at radius 1 is 1.42 bits per heavy atom. The Morgan fingerprint density at radius 2 is 2.05 bits per heavy atom. The second-order valence-electron chi connectivity index (χ2n) is 4.90. The summed E-state index contributed by atoms with van der Waals surface area (Å²) in [5.41, 5.74) is -0.418. The predicted molar refractivity (Wildman–Crippen MR) is 68.7 cm³/mol. The van der Waals surface area contributed by atoms with Crippen molar-refractivity contribution in [1.29, 1.82) is 0 Å². The van der Waals surface area contributed by atoms with Crippen LogP contribution in [0.25, 0.3) is 0 Å². The zero-order valence-electron chi connectivity index (χ0n) is 11.4. The molecule has 0 aliphatic carbocycles. The fraction of sp³-hybridized carbons (Fsp3) is 0.462. The fourth-order valence-corrected chi connectivity index (χ4v) is 1.43. The van der Waals surface area contributed by atoms with Gasteiger partial charge in [0.2, 0.25) is 0 Å². The lowest BCUT2D eigenvalue weighted by atomic mass is 10.2. The summed E-state index contributed by atoms with van der Waals surface area (Å²) in [6, 6.07) is 2.81. The van der Waals surface area contributed by atoms with Crippen LogP contribution in [-0.4, -0.2) is 23.9 Å². The Hall–Kier alpha value is -1.82. The van der Waals surface area contributed by atoms with Crippen molar-refractivity contribution in [3.05, 3.63) is 23.5 Å². The molecule has 0 aliphatic rings. The van der Waals surface area contributed by atoms with Gasteiger partial charge in [0.05, 0.1) is 19.4 Å². The first-order valence-electron chi connectivity index (χ1n) is 5.74. The summed E-state index contributed by atoms with van der Waals surface area (Å²) in [5, 5.41) is 11.4. The van der Waals surface area contributed by atoms with Gasteiger partial charge in [0, 0.05) is 5.56 Å². The van der Waals surface area contributed by atoms with E-state index in [2.05, 4.69) is 5.32 Å². The second-order valence-corrected chi connectivity index (χ2v) is 4.90. The summed E-state index contributed by atoms with van der Waals surface area (Å²) in [7, 11) is 1.28. The van der Waals surface area contributed by atoms with E-state index in [0.717, 1.165) is 0 Å². The zero-order chi connectivity index (χ0) is 14.6. The first-order valence-corrected chi connectivity index (χ1v) is 5.74. The van der Waals surface area contributed by atoms with Crippen molar-refractivity contribution >= 4 is 11.8 Å². The maximum absolute atomic E-state index is 13.8. The first-order chi connectivity index (χ1) is 8.78. The largest absolute Gasteiger partial charge is 0.492 e. The molecule has 0 saturated carbocycles. The molecule has 1 aromatic carbocycles. The number of hydrogen-bond acceptors (Lipinski definition) is 4. The highest BCUT2D eigenvalue weighted by molar-refractivity contribution is 5.87. The Bertz CT molecular complexity index is 468. The Balaban J connectivity index is 2.96. The molecule has 2 N–H and O–H groups in total. The number of carbonyl (C=O) groups is 1. The maximum atomic E-state index is 13.8.